The minimum Gasteiger partial charge on any atom is -0.320 e. The molecule has 2 aromatic rings. The number of fused-ring (bicyclic) bond motifs is 3. The van der Waals surface area contributed by atoms with E-state index in [1.165, 1.54) is 0 Å². The minimum atomic E-state index is -0.187. The summed E-state index contributed by atoms with van der Waals surface area (Å²) in [4.78, 5) is 0. The van der Waals surface area contributed by atoms with Crippen LogP contribution in [0.25, 0.3) is 11.1 Å². The molecule has 0 bridgehead atoms. The third kappa shape index (κ3) is 1.50. The lowest BCUT2D eigenvalue weighted by atomic mass is 10.1. The number of hydrogen-bond acceptors (Lipinski definition) is 1. The van der Waals surface area contributed by atoms with Crippen molar-refractivity contribution in [3.05, 3.63) is 56.5 Å². The van der Waals surface area contributed by atoms with Crippen LogP contribution in [0.2, 0.25) is 15.1 Å². The normalized spacial score (nSPS) is 16.8. The second-order valence-electron chi connectivity index (χ2n) is 4.01. The van der Waals surface area contributed by atoms with Crippen molar-refractivity contribution in [3.8, 4) is 11.1 Å². The molecule has 1 aliphatic rings. The Morgan fingerprint density at radius 1 is 0.824 bits per heavy atom. The van der Waals surface area contributed by atoms with Crippen LogP contribution in [0.5, 0.6) is 0 Å². The molecule has 3 rings (SSSR count). The summed E-state index contributed by atoms with van der Waals surface area (Å²) in [5.74, 6) is 0. The zero-order chi connectivity index (χ0) is 12.2. The quantitative estimate of drug-likeness (QED) is 0.747. The molecule has 2 aromatic carbocycles. The first kappa shape index (κ1) is 11.4. The van der Waals surface area contributed by atoms with Gasteiger partial charge in [-0.05, 0) is 23.3 Å². The molecule has 1 nitrogen and oxygen atoms in total. The molecule has 0 heterocycles. The second-order valence-corrected chi connectivity index (χ2v) is 5.20. The zero-order valence-electron chi connectivity index (χ0n) is 8.68. The Balaban J connectivity index is 2.44. The summed E-state index contributed by atoms with van der Waals surface area (Å²) in [6.45, 7) is 0. The van der Waals surface area contributed by atoms with Gasteiger partial charge in [-0.15, -0.1) is 0 Å². The number of benzene rings is 2. The topological polar surface area (TPSA) is 26.0 Å². The molecule has 0 saturated carbocycles. The fourth-order valence-corrected chi connectivity index (χ4v) is 3.01. The summed E-state index contributed by atoms with van der Waals surface area (Å²) >= 11 is 18.5. The van der Waals surface area contributed by atoms with Gasteiger partial charge in [0.1, 0.15) is 0 Å². The summed E-state index contributed by atoms with van der Waals surface area (Å²) < 4.78 is 0. The molecule has 4 heteroatoms. The molecule has 1 aliphatic carbocycles. The van der Waals surface area contributed by atoms with Crippen molar-refractivity contribution in [2.75, 3.05) is 0 Å². The van der Waals surface area contributed by atoms with Crippen LogP contribution in [0.3, 0.4) is 0 Å². The highest BCUT2D eigenvalue weighted by molar-refractivity contribution is 6.44. The molecule has 1 atom stereocenters. The molecule has 0 aliphatic heterocycles. The second kappa shape index (κ2) is 3.89. The summed E-state index contributed by atoms with van der Waals surface area (Å²) in [5, 5.41) is 1.69. The Morgan fingerprint density at radius 2 is 1.53 bits per heavy atom. The molecule has 0 radical (unpaired) electrons. The Hall–Kier alpha value is -0.730. The van der Waals surface area contributed by atoms with E-state index < -0.39 is 0 Å². The van der Waals surface area contributed by atoms with E-state index in [-0.39, 0.29) is 6.04 Å². The van der Waals surface area contributed by atoms with Crippen molar-refractivity contribution in [2.24, 2.45) is 5.73 Å². The highest BCUT2D eigenvalue weighted by atomic mass is 35.5. The lowest BCUT2D eigenvalue weighted by molar-refractivity contribution is 0.901. The van der Waals surface area contributed by atoms with Crippen LogP contribution >= 0.6 is 34.8 Å². The third-order valence-electron chi connectivity index (χ3n) is 3.09. The van der Waals surface area contributed by atoms with Gasteiger partial charge in [0, 0.05) is 16.1 Å². The van der Waals surface area contributed by atoms with E-state index in [2.05, 4.69) is 0 Å². The first-order chi connectivity index (χ1) is 8.11. The summed E-state index contributed by atoms with van der Waals surface area (Å²) in [6, 6.07) is 9.18. The van der Waals surface area contributed by atoms with Crippen molar-refractivity contribution in [1.82, 2.24) is 0 Å². The van der Waals surface area contributed by atoms with Gasteiger partial charge in [0.05, 0.1) is 16.1 Å². The molecule has 0 amide bonds. The molecule has 17 heavy (non-hydrogen) atoms. The minimum absolute atomic E-state index is 0.187. The van der Waals surface area contributed by atoms with Gasteiger partial charge in [-0.3, -0.25) is 0 Å². The van der Waals surface area contributed by atoms with E-state index in [0.717, 1.165) is 22.3 Å². The van der Waals surface area contributed by atoms with Crippen LogP contribution in [0.4, 0.5) is 0 Å². The highest BCUT2D eigenvalue weighted by Gasteiger charge is 2.30. The molecule has 86 valence electrons. The van der Waals surface area contributed by atoms with Crippen LogP contribution < -0.4 is 5.73 Å². The molecular formula is C13H8Cl3N. The van der Waals surface area contributed by atoms with E-state index in [4.69, 9.17) is 40.5 Å². The van der Waals surface area contributed by atoms with Crippen molar-refractivity contribution >= 4 is 34.8 Å². The van der Waals surface area contributed by atoms with Crippen molar-refractivity contribution in [1.29, 1.82) is 0 Å². The lowest BCUT2D eigenvalue weighted by Crippen LogP contribution is -2.07. The molecule has 0 fully saturated rings. The maximum atomic E-state index is 6.26. The molecule has 1 unspecified atom stereocenters. The maximum Gasteiger partial charge on any atom is 0.0674 e. The van der Waals surface area contributed by atoms with Crippen molar-refractivity contribution < 1.29 is 0 Å². The lowest BCUT2D eigenvalue weighted by Gasteiger charge is -2.07. The first-order valence-electron chi connectivity index (χ1n) is 5.13. The van der Waals surface area contributed by atoms with E-state index in [1.54, 1.807) is 6.07 Å². The average Bonchev–Trinajstić information content (AvgIpc) is 2.60. The van der Waals surface area contributed by atoms with Gasteiger partial charge in [-0.25, -0.2) is 0 Å². The van der Waals surface area contributed by atoms with Crippen LogP contribution in [0.1, 0.15) is 17.2 Å². The number of nitrogens with two attached hydrogens (primary N) is 1. The van der Waals surface area contributed by atoms with Crippen LogP contribution in [-0.4, -0.2) is 0 Å². The smallest absolute Gasteiger partial charge is 0.0674 e. The fraction of sp³-hybridized carbons (Fsp3) is 0.0769. The molecule has 2 N–H and O–H groups in total. The molecule has 0 aromatic heterocycles. The average molecular weight is 285 g/mol. The SMILES string of the molecule is NC1c2cccc(Cl)c2-c2c1ccc(Cl)c2Cl. The number of halogens is 3. The van der Waals surface area contributed by atoms with Gasteiger partial charge >= 0.3 is 0 Å². The van der Waals surface area contributed by atoms with Crippen LogP contribution in [0, 0.1) is 0 Å². The standard InChI is InChI=1S/C13H8Cl3N/c14-8-3-1-2-6-10(8)11-7(13(6)17)4-5-9(15)12(11)16/h1-5,13H,17H2. The molecule has 0 spiro atoms. The Bertz CT molecular complexity index is 622. The van der Waals surface area contributed by atoms with Gasteiger partial charge in [0.25, 0.3) is 0 Å². The van der Waals surface area contributed by atoms with Crippen LogP contribution in [0.15, 0.2) is 30.3 Å². The number of rotatable bonds is 0. The zero-order valence-corrected chi connectivity index (χ0v) is 10.9. The van der Waals surface area contributed by atoms with E-state index in [1.807, 2.05) is 24.3 Å². The third-order valence-corrected chi connectivity index (χ3v) is 4.21. The molecular weight excluding hydrogens is 277 g/mol. The van der Waals surface area contributed by atoms with Gasteiger partial charge in [-0.2, -0.15) is 0 Å². The van der Waals surface area contributed by atoms with E-state index in [9.17, 15) is 0 Å². The van der Waals surface area contributed by atoms with Crippen molar-refractivity contribution in [3.63, 3.8) is 0 Å². The monoisotopic (exact) mass is 283 g/mol. The van der Waals surface area contributed by atoms with E-state index >= 15 is 0 Å². The predicted molar refractivity (Wildman–Crippen MR) is 72.9 cm³/mol. The van der Waals surface area contributed by atoms with Gasteiger partial charge < -0.3 is 5.73 Å². The predicted octanol–water partition coefficient (Wildman–Crippen LogP) is 4.68. The largest absolute Gasteiger partial charge is 0.320 e. The summed E-state index contributed by atoms with van der Waals surface area (Å²) in [5.41, 5.74) is 9.93. The Labute approximate surface area is 114 Å². The molecule has 0 saturated heterocycles. The summed E-state index contributed by atoms with van der Waals surface area (Å²) in [7, 11) is 0. The van der Waals surface area contributed by atoms with Crippen molar-refractivity contribution in [2.45, 2.75) is 6.04 Å². The Morgan fingerprint density at radius 3 is 2.29 bits per heavy atom. The summed E-state index contributed by atoms with van der Waals surface area (Å²) in [6.07, 6.45) is 0. The van der Waals surface area contributed by atoms with Gasteiger partial charge in [0.15, 0.2) is 0 Å². The Kier molecular flexibility index (Phi) is 2.60. The number of hydrogen-bond donors (Lipinski definition) is 1. The van der Waals surface area contributed by atoms with Gasteiger partial charge in [-0.1, -0.05) is 53.0 Å². The highest BCUT2D eigenvalue weighted by Crippen LogP contribution is 2.50. The van der Waals surface area contributed by atoms with E-state index in [0.29, 0.717) is 15.1 Å². The fourth-order valence-electron chi connectivity index (χ4n) is 2.31. The van der Waals surface area contributed by atoms with Gasteiger partial charge in [0.2, 0.25) is 0 Å². The maximum absolute atomic E-state index is 6.26. The first-order valence-corrected chi connectivity index (χ1v) is 6.27. The van der Waals surface area contributed by atoms with Crippen LogP contribution in [-0.2, 0) is 0 Å².